The summed E-state index contributed by atoms with van der Waals surface area (Å²) in [7, 11) is 0. The van der Waals surface area contributed by atoms with Gasteiger partial charge in [0.25, 0.3) is 0 Å². The highest BCUT2D eigenvalue weighted by atomic mass is 16.5. The Kier molecular flexibility index (Phi) is 13.6. The van der Waals surface area contributed by atoms with Gasteiger partial charge in [-0.3, -0.25) is 0 Å². The second-order valence-corrected chi connectivity index (χ2v) is 13.7. The predicted octanol–water partition coefficient (Wildman–Crippen LogP) is -4.08. The molecule has 0 spiro atoms. The van der Waals surface area contributed by atoms with Crippen molar-refractivity contribution in [3.63, 3.8) is 0 Å². The first-order chi connectivity index (χ1) is 21.6. The average Bonchev–Trinajstić information content (AvgIpc) is 3.01. The summed E-state index contributed by atoms with van der Waals surface area (Å²) in [5.41, 5.74) is 5.79. The topological polar surface area (TPSA) is 221 Å². The van der Waals surface area contributed by atoms with Crippen LogP contribution < -0.4 is 27.0 Å². The lowest BCUT2D eigenvalue weighted by molar-refractivity contribution is -0.0925. The van der Waals surface area contributed by atoms with Crippen molar-refractivity contribution >= 4 is 0 Å². The minimum Gasteiger partial charge on any atom is -0.391 e. The maximum Gasteiger partial charge on any atom is 0.0740 e. The van der Waals surface area contributed by atoms with E-state index in [2.05, 4.69) is 21.3 Å². The van der Waals surface area contributed by atoms with Gasteiger partial charge >= 0.3 is 0 Å². The third-order valence-electron chi connectivity index (χ3n) is 9.99. The van der Waals surface area contributed by atoms with Crippen LogP contribution in [0, 0.1) is 0 Å². The van der Waals surface area contributed by atoms with Crippen LogP contribution in [0.5, 0.6) is 0 Å². The minimum atomic E-state index is -0.600. The van der Waals surface area contributed by atoms with Gasteiger partial charge in [-0.2, -0.15) is 0 Å². The quantitative estimate of drug-likeness (QED) is 0.0973. The molecule has 0 aliphatic carbocycles. The highest BCUT2D eigenvalue weighted by molar-refractivity contribution is 4.92. The number of aliphatic hydroxyl groups is 5. The minimum absolute atomic E-state index is 0.0593. The van der Waals surface area contributed by atoms with Crippen LogP contribution in [-0.2, 0) is 23.7 Å². The lowest BCUT2D eigenvalue weighted by Gasteiger charge is -2.39. The summed E-state index contributed by atoms with van der Waals surface area (Å²) >= 11 is 0. The van der Waals surface area contributed by atoms with Crippen molar-refractivity contribution in [1.82, 2.24) is 21.3 Å². The Balaban J connectivity index is 0.923. The smallest absolute Gasteiger partial charge is 0.0740 e. The molecule has 0 bridgehead atoms. The largest absolute Gasteiger partial charge is 0.391 e. The standard InChI is InChI=1S/C30H57N5O10/c1-16-2-27(37)22(12-41-16)32-8-18-4-29(39)24(14-43-18)34-10-20-6-30(40)25(15-45-20)35-9-19-5-28(38)23(13-44-19)33-7-17-3-26(36)21(31)11-42-17/h16-30,32-40H,2-15,31H2,1H3. The van der Waals surface area contributed by atoms with Crippen LogP contribution in [0.1, 0.15) is 39.0 Å². The van der Waals surface area contributed by atoms with Crippen molar-refractivity contribution in [2.24, 2.45) is 5.73 Å². The van der Waals surface area contributed by atoms with Gasteiger partial charge in [-0.25, -0.2) is 0 Å². The molecule has 0 aromatic heterocycles. The van der Waals surface area contributed by atoms with Gasteiger partial charge in [-0.05, 0) is 6.92 Å². The van der Waals surface area contributed by atoms with E-state index in [1.165, 1.54) is 0 Å². The Morgan fingerprint density at radius 2 is 0.778 bits per heavy atom. The van der Waals surface area contributed by atoms with Crippen molar-refractivity contribution in [1.29, 1.82) is 0 Å². The summed E-state index contributed by atoms with van der Waals surface area (Å²) in [6, 6.07) is -1.18. The number of rotatable bonds is 12. The Morgan fingerprint density at radius 1 is 0.467 bits per heavy atom. The number of hydrogen-bond donors (Lipinski definition) is 10. The van der Waals surface area contributed by atoms with Crippen molar-refractivity contribution < 1.29 is 49.2 Å². The van der Waals surface area contributed by atoms with Crippen LogP contribution in [0.3, 0.4) is 0 Å². The van der Waals surface area contributed by atoms with Crippen LogP contribution in [0.25, 0.3) is 0 Å². The molecule has 5 aliphatic rings. The Morgan fingerprint density at radius 3 is 1.11 bits per heavy atom. The molecule has 45 heavy (non-hydrogen) atoms. The maximum absolute atomic E-state index is 10.8. The van der Waals surface area contributed by atoms with Gasteiger partial charge in [0, 0.05) is 58.3 Å². The van der Waals surface area contributed by atoms with Gasteiger partial charge in [0.1, 0.15) is 0 Å². The zero-order valence-corrected chi connectivity index (χ0v) is 26.4. The normalized spacial score (nSPS) is 46.6. The lowest BCUT2D eigenvalue weighted by atomic mass is 9.97. The van der Waals surface area contributed by atoms with Gasteiger partial charge < -0.3 is 76.2 Å². The Hall–Kier alpha value is -0.600. The van der Waals surface area contributed by atoms with Crippen molar-refractivity contribution in [2.45, 2.75) is 130 Å². The molecular weight excluding hydrogens is 590 g/mol. The first-order valence-corrected chi connectivity index (χ1v) is 16.8. The third kappa shape index (κ3) is 10.4. The summed E-state index contributed by atoms with van der Waals surface area (Å²) in [4.78, 5) is 0. The van der Waals surface area contributed by atoms with Crippen LogP contribution in [0.4, 0.5) is 0 Å². The fourth-order valence-corrected chi connectivity index (χ4v) is 6.86. The number of ether oxygens (including phenoxy) is 5. The van der Waals surface area contributed by atoms with Gasteiger partial charge in [0.2, 0.25) is 0 Å². The average molecular weight is 648 g/mol. The predicted molar refractivity (Wildman–Crippen MR) is 163 cm³/mol. The molecule has 0 saturated carbocycles. The third-order valence-corrected chi connectivity index (χ3v) is 9.99. The highest BCUT2D eigenvalue weighted by Gasteiger charge is 2.36. The van der Waals surface area contributed by atoms with E-state index in [0.29, 0.717) is 91.3 Å². The summed E-state index contributed by atoms with van der Waals surface area (Å²) in [5, 5.41) is 65.7. The van der Waals surface area contributed by atoms with Crippen LogP contribution >= 0.6 is 0 Å². The van der Waals surface area contributed by atoms with E-state index < -0.39 is 30.5 Å². The maximum atomic E-state index is 10.8. The fourth-order valence-electron chi connectivity index (χ4n) is 6.86. The Bertz CT molecular complexity index is 883. The molecule has 15 heteroatoms. The molecule has 15 nitrogen and oxygen atoms in total. The number of nitrogens with one attached hydrogen (secondary N) is 4. The summed E-state index contributed by atoms with van der Waals surface area (Å²) in [6.45, 7) is 5.82. The van der Waals surface area contributed by atoms with Crippen LogP contribution in [-0.4, -0.2) is 176 Å². The molecule has 15 unspecified atom stereocenters. The molecule has 0 aromatic carbocycles. The van der Waals surface area contributed by atoms with Crippen molar-refractivity contribution in [3.05, 3.63) is 0 Å². The molecule has 5 rings (SSSR count). The molecule has 0 radical (unpaired) electrons. The molecule has 5 saturated heterocycles. The molecule has 5 fully saturated rings. The van der Waals surface area contributed by atoms with E-state index in [1.807, 2.05) is 6.92 Å². The van der Waals surface area contributed by atoms with Crippen LogP contribution in [0.2, 0.25) is 0 Å². The fraction of sp³-hybridized carbons (Fsp3) is 1.00. The molecule has 0 aromatic rings. The van der Waals surface area contributed by atoms with E-state index >= 15 is 0 Å². The molecular formula is C30H57N5O10. The van der Waals surface area contributed by atoms with E-state index in [4.69, 9.17) is 29.4 Å². The second kappa shape index (κ2) is 17.2. The van der Waals surface area contributed by atoms with Gasteiger partial charge in [0.15, 0.2) is 0 Å². The number of hydrogen-bond acceptors (Lipinski definition) is 15. The lowest BCUT2D eigenvalue weighted by Crippen LogP contribution is -2.58. The molecule has 15 atom stereocenters. The zero-order valence-electron chi connectivity index (χ0n) is 26.4. The Labute approximate surface area is 265 Å². The van der Waals surface area contributed by atoms with Crippen molar-refractivity contribution in [2.75, 3.05) is 59.2 Å². The van der Waals surface area contributed by atoms with Crippen LogP contribution in [0.15, 0.2) is 0 Å². The van der Waals surface area contributed by atoms with Gasteiger partial charge in [-0.1, -0.05) is 0 Å². The SMILES string of the molecule is CC1CC(O)C(NCC2CC(O)C(NCC3CC(O)C(NCC4CC(O)C(NCC5CC(O)C(N)CO5)CO4)CO3)CO2)CO1. The number of aliphatic hydroxyl groups excluding tert-OH is 5. The molecule has 0 amide bonds. The molecule has 5 heterocycles. The summed E-state index contributed by atoms with van der Waals surface area (Å²) < 4.78 is 29.3. The van der Waals surface area contributed by atoms with E-state index in [9.17, 15) is 25.5 Å². The van der Waals surface area contributed by atoms with Crippen molar-refractivity contribution in [3.8, 4) is 0 Å². The first kappa shape index (κ1) is 35.7. The molecule has 5 aliphatic heterocycles. The second-order valence-electron chi connectivity index (χ2n) is 13.7. The molecule has 11 N–H and O–H groups in total. The van der Waals surface area contributed by atoms with E-state index in [-0.39, 0.29) is 60.7 Å². The van der Waals surface area contributed by atoms with Gasteiger partial charge in [-0.15, -0.1) is 0 Å². The van der Waals surface area contributed by atoms with Gasteiger partial charge in [0.05, 0.1) is 124 Å². The molecule has 262 valence electrons. The van der Waals surface area contributed by atoms with E-state index in [0.717, 1.165) is 0 Å². The number of nitrogens with two attached hydrogens (primary N) is 1. The summed E-state index contributed by atoms with van der Waals surface area (Å²) in [6.07, 6.45) is -0.950. The monoisotopic (exact) mass is 647 g/mol. The first-order valence-electron chi connectivity index (χ1n) is 16.8. The zero-order chi connectivity index (χ0) is 31.9. The van der Waals surface area contributed by atoms with E-state index in [1.54, 1.807) is 0 Å². The summed E-state index contributed by atoms with van der Waals surface area (Å²) in [5.74, 6) is 0. The highest BCUT2D eigenvalue weighted by Crippen LogP contribution is 2.20.